The molecule has 0 unspecified atom stereocenters. The van der Waals surface area contributed by atoms with Crippen LogP contribution in [0.15, 0.2) is 35.1 Å². The minimum absolute atomic E-state index is 0.152. The van der Waals surface area contributed by atoms with Crippen LogP contribution in [0.1, 0.15) is 28.5 Å². The Kier molecular flexibility index (Phi) is 5.90. The lowest BCUT2D eigenvalue weighted by Crippen LogP contribution is -2.31. The normalized spacial score (nSPS) is 11.4. The van der Waals surface area contributed by atoms with Crippen LogP contribution in [-0.2, 0) is 10.9 Å². The number of carbonyl (C=O) groups excluding carboxylic acids is 1. The Bertz CT molecular complexity index is 1270. The fraction of sp³-hybridized carbons (Fsp3) is 0.200. The molecule has 0 atom stereocenters. The summed E-state index contributed by atoms with van der Waals surface area (Å²) in [5, 5.41) is 42.8. The molecular weight excluding hydrogens is 453 g/mol. The predicted octanol–water partition coefficient (Wildman–Crippen LogP) is 4.07. The van der Waals surface area contributed by atoms with Gasteiger partial charge in [0.15, 0.2) is 23.4 Å². The Morgan fingerprint density at radius 3 is 2.48 bits per heavy atom. The summed E-state index contributed by atoms with van der Waals surface area (Å²) < 4.78 is 51.4. The second-order valence-electron chi connectivity index (χ2n) is 6.76. The van der Waals surface area contributed by atoms with Crippen LogP contribution in [0.3, 0.4) is 0 Å². The van der Waals surface area contributed by atoms with Gasteiger partial charge >= 0.3 is 17.8 Å². The van der Waals surface area contributed by atoms with E-state index in [1.54, 1.807) is 0 Å². The number of pyridine rings is 1. The van der Waals surface area contributed by atoms with Gasteiger partial charge in [-0.2, -0.15) is 17.9 Å². The first-order valence-electron chi connectivity index (χ1n) is 9.17. The number of nitrogens with zero attached hydrogens (tertiary/aromatic N) is 2. The van der Waals surface area contributed by atoms with Crippen LogP contribution in [0, 0.1) is 22.2 Å². The van der Waals surface area contributed by atoms with Crippen molar-refractivity contribution in [3.8, 4) is 33.9 Å². The fourth-order valence-corrected chi connectivity index (χ4v) is 3.13. The highest BCUT2D eigenvalue weighted by Crippen LogP contribution is 2.44. The molecule has 3 rings (SSSR count). The molecule has 0 fully saturated rings. The van der Waals surface area contributed by atoms with Gasteiger partial charge < -0.3 is 24.6 Å². The standard InChI is InChI=1S/C20H15F3N2O8/c1-3-32-19(28)16-12(10-5-14(25(30)31)17(27)15(26)6-10)8-33-18(16)11-7-24(29)9(2)4-13(11)20(21,22)23/h4-8,26-27H,3H2,1-2H3. The van der Waals surface area contributed by atoms with Crippen molar-refractivity contribution in [3.05, 3.63) is 62.8 Å². The maximum atomic E-state index is 13.7. The molecule has 0 saturated carbocycles. The molecule has 2 heterocycles. The van der Waals surface area contributed by atoms with E-state index < -0.39 is 56.7 Å². The molecule has 0 aliphatic heterocycles. The Hall–Kier alpha value is -4.29. The van der Waals surface area contributed by atoms with Crippen LogP contribution in [-0.4, -0.2) is 27.7 Å². The quantitative estimate of drug-likeness (QED) is 0.142. The summed E-state index contributed by atoms with van der Waals surface area (Å²) in [5.74, 6) is -3.77. The molecule has 0 spiro atoms. The average molecular weight is 468 g/mol. The number of phenolic OH excluding ortho intramolecular Hbond substituents is 2. The van der Waals surface area contributed by atoms with E-state index in [1.165, 1.54) is 6.92 Å². The van der Waals surface area contributed by atoms with Crippen LogP contribution < -0.4 is 4.73 Å². The van der Waals surface area contributed by atoms with Crippen molar-refractivity contribution in [1.29, 1.82) is 0 Å². The summed E-state index contributed by atoms with van der Waals surface area (Å²) in [6.45, 7) is 2.42. The van der Waals surface area contributed by atoms with Gasteiger partial charge in [-0.15, -0.1) is 0 Å². The number of hydrogen-bond acceptors (Lipinski definition) is 8. The SMILES string of the molecule is CCOC(=O)c1c(-c2cc(O)c(O)c([N+](=O)[O-])c2)coc1-c1c[n+]([O-])c(C)cc1C(F)(F)F. The maximum absolute atomic E-state index is 13.7. The molecule has 3 aromatic rings. The third-order valence-electron chi connectivity index (χ3n) is 4.64. The number of nitro groups is 1. The number of aromatic hydroxyl groups is 2. The third-order valence-corrected chi connectivity index (χ3v) is 4.64. The summed E-state index contributed by atoms with van der Waals surface area (Å²) in [6, 6.07) is 2.23. The van der Waals surface area contributed by atoms with Crippen LogP contribution in [0.5, 0.6) is 11.5 Å². The first kappa shape index (κ1) is 23.4. The number of aromatic nitrogens is 1. The fourth-order valence-electron chi connectivity index (χ4n) is 3.13. The lowest BCUT2D eigenvalue weighted by Gasteiger charge is -2.13. The number of alkyl halides is 3. The smallest absolute Gasteiger partial charge is 0.417 e. The summed E-state index contributed by atoms with van der Waals surface area (Å²) >= 11 is 0. The second-order valence-corrected chi connectivity index (χ2v) is 6.76. The zero-order valence-electron chi connectivity index (χ0n) is 17.0. The third kappa shape index (κ3) is 4.24. The lowest BCUT2D eigenvalue weighted by molar-refractivity contribution is -0.612. The molecule has 0 radical (unpaired) electrons. The first-order chi connectivity index (χ1) is 15.4. The Labute approximate surface area is 182 Å². The zero-order valence-corrected chi connectivity index (χ0v) is 17.0. The largest absolute Gasteiger partial charge is 0.618 e. The van der Waals surface area contributed by atoms with E-state index in [1.807, 2.05) is 0 Å². The van der Waals surface area contributed by atoms with Crippen molar-refractivity contribution in [3.63, 3.8) is 0 Å². The minimum Gasteiger partial charge on any atom is -0.618 e. The summed E-state index contributed by atoms with van der Waals surface area (Å²) in [6.07, 6.45) is -3.52. The van der Waals surface area contributed by atoms with Gasteiger partial charge in [0.1, 0.15) is 5.56 Å². The number of furan rings is 1. The molecule has 2 aromatic heterocycles. The van der Waals surface area contributed by atoms with E-state index in [4.69, 9.17) is 9.15 Å². The van der Waals surface area contributed by atoms with E-state index in [2.05, 4.69) is 0 Å². The highest BCUT2D eigenvalue weighted by atomic mass is 19.4. The predicted molar refractivity (Wildman–Crippen MR) is 104 cm³/mol. The Balaban J connectivity index is 2.37. The number of esters is 1. The second kappa shape index (κ2) is 8.33. The monoisotopic (exact) mass is 468 g/mol. The van der Waals surface area contributed by atoms with Gasteiger partial charge in [0.25, 0.3) is 0 Å². The Morgan fingerprint density at radius 1 is 1.24 bits per heavy atom. The summed E-state index contributed by atoms with van der Waals surface area (Å²) in [7, 11) is 0. The molecule has 0 bridgehead atoms. The van der Waals surface area contributed by atoms with Crippen LogP contribution in [0.4, 0.5) is 18.9 Å². The number of hydrogen-bond donors (Lipinski definition) is 2. The van der Waals surface area contributed by atoms with Crippen molar-refractivity contribution in [2.75, 3.05) is 6.61 Å². The number of ether oxygens (including phenoxy) is 1. The van der Waals surface area contributed by atoms with Crippen molar-refractivity contribution in [1.82, 2.24) is 0 Å². The zero-order chi connectivity index (χ0) is 24.7. The molecule has 0 aliphatic rings. The number of nitro benzene ring substituents is 1. The van der Waals surface area contributed by atoms with E-state index >= 15 is 0 Å². The lowest BCUT2D eigenvalue weighted by atomic mass is 9.97. The molecule has 0 saturated heterocycles. The topological polar surface area (TPSA) is 150 Å². The van der Waals surface area contributed by atoms with E-state index in [9.17, 15) is 43.5 Å². The van der Waals surface area contributed by atoms with Gasteiger partial charge in [0.2, 0.25) is 5.75 Å². The first-order valence-corrected chi connectivity index (χ1v) is 9.17. The van der Waals surface area contributed by atoms with Gasteiger partial charge in [-0.25, -0.2) is 4.79 Å². The summed E-state index contributed by atoms with van der Waals surface area (Å²) in [5.41, 5.74) is -4.29. The van der Waals surface area contributed by atoms with Crippen LogP contribution in [0.25, 0.3) is 22.5 Å². The molecule has 10 nitrogen and oxygen atoms in total. The van der Waals surface area contributed by atoms with Gasteiger partial charge in [-0.3, -0.25) is 10.1 Å². The number of benzene rings is 1. The van der Waals surface area contributed by atoms with Crippen molar-refractivity contribution >= 4 is 11.7 Å². The molecular formula is C20H15F3N2O8. The van der Waals surface area contributed by atoms with Gasteiger partial charge in [0, 0.05) is 24.6 Å². The highest BCUT2D eigenvalue weighted by molar-refractivity contribution is 6.03. The average Bonchev–Trinajstić information content (AvgIpc) is 3.16. The number of aryl methyl sites for hydroxylation is 1. The number of carbonyl (C=O) groups is 1. The molecule has 0 aliphatic carbocycles. The van der Waals surface area contributed by atoms with E-state index in [0.29, 0.717) is 12.3 Å². The maximum Gasteiger partial charge on any atom is 0.417 e. The molecule has 0 amide bonds. The number of halogens is 3. The molecule has 174 valence electrons. The molecule has 33 heavy (non-hydrogen) atoms. The van der Waals surface area contributed by atoms with E-state index in [0.717, 1.165) is 25.3 Å². The van der Waals surface area contributed by atoms with Gasteiger partial charge in [-0.1, -0.05) is 0 Å². The Morgan fingerprint density at radius 2 is 1.91 bits per heavy atom. The van der Waals surface area contributed by atoms with Crippen LogP contribution >= 0.6 is 0 Å². The van der Waals surface area contributed by atoms with Crippen molar-refractivity contribution in [2.24, 2.45) is 0 Å². The van der Waals surface area contributed by atoms with Gasteiger partial charge in [0.05, 0.1) is 28.9 Å². The van der Waals surface area contributed by atoms with Crippen molar-refractivity contribution < 1.29 is 47.0 Å². The number of phenols is 2. The minimum atomic E-state index is -4.93. The molecule has 2 N–H and O–H groups in total. The number of rotatable bonds is 5. The van der Waals surface area contributed by atoms with Crippen LogP contribution in [0.2, 0.25) is 0 Å². The van der Waals surface area contributed by atoms with E-state index in [-0.39, 0.29) is 28.2 Å². The van der Waals surface area contributed by atoms with Gasteiger partial charge in [-0.05, 0) is 18.6 Å². The summed E-state index contributed by atoms with van der Waals surface area (Å²) in [4.78, 5) is 22.9. The van der Waals surface area contributed by atoms with Crippen molar-refractivity contribution in [2.45, 2.75) is 20.0 Å². The molecule has 1 aromatic carbocycles. The molecule has 13 heteroatoms. The highest BCUT2D eigenvalue weighted by Gasteiger charge is 2.39.